The lowest BCUT2D eigenvalue weighted by molar-refractivity contribution is -0.145. The number of hydrogen-bond acceptors (Lipinski definition) is 3. The number of carboxylic acid groups (broad SMARTS) is 1. The molecule has 1 saturated carbocycles. The fourth-order valence-electron chi connectivity index (χ4n) is 1.35. The summed E-state index contributed by atoms with van der Waals surface area (Å²) in [6.07, 6.45) is 3.67. The highest BCUT2D eigenvalue weighted by atomic mass is 32.2. The quantitative estimate of drug-likeness (QED) is 0.697. The zero-order valence-corrected chi connectivity index (χ0v) is 7.72. The van der Waals surface area contributed by atoms with E-state index in [-0.39, 0.29) is 0 Å². The molecule has 12 heavy (non-hydrogen) atoms. The number of thioether (sulfide) groups is 1. The van der Waals surface area contributed by atoms with Crippen LogP contribution in [0, 0.1) is 0 Å². The third kappa shape index (κ3) is 3.03. The largest absolute Gasteiger partial charge is 0.479 e. The molecule has 1 aliphatic rings. The van der Waals surface area contributed by atoms with Crippen molar-refractivity contribution in [3.05, 3.63) is 0 Å². The first-order chi connectivity index (χ1) is 5.70. The lowest BCUT2D eigenvalue weighted by Crippen LogP contribution is -2.23. The van der Waals surface area contributed by atoms with Crippen LogP contribution in [0.2, 0.25) is 0 Å². The summed E-state index contributed by atoms with van der Waals surface area (Å²) < 4.78 is 0. The van der Waals surface area contributed by atoms with Gasteiger partial charge in [-0.25, -0.2) is 4.79 Å². The highest BCUT2D eigenvalue weighted by molar-refractivity contribution is 7.99. The molecule has 0 amide bonds. The molecule has 0 aromatic rings. The van der Waals surface area contributed by atoms with Gasteiger partial charge in [-0.2, -0.15) is 11.8 Å². The summed E-state index contributed by atoms with van der Waals surface area (Å²) >= 11 is 1.59. The summed E-state index contributed by atoms with van der Waals surface area (Å²) in [5.74, 6) is -0.777. The summed E-state index contributed by atoms with van der Waals surface area (Å²) in [4.78, 5) is 10.2. The van der Waals surface area contributed by atoms with E-state index in [0.717, 1.165) is 0 Å². The van der Waals surface area contributed by atoms with E-state index in [1.54, 1.807) is 11.8 Å². The van der Waals surface area contributed by atoms with Gasteiger partial charge in [0.05, 0.1) is 0 Å². The van der Waals surface area contributed by atoms with Crippen LogP contribution in [0.5, 0.6) is 0 Å². The van der Waals surface area contributed by atoms with E-state index >= 15 is 0 Å². The molecule has 0 bridgehead atoms. The minimum absolute atomic E-state index is 0.333. The summed E-state index contributed by atoms with van der Waals surface area (Å²) in [7, 11) is 0. The number of rotatable bonds is 4. The molecule has 1 fully saturated rings. The van der Waals surface area contributed by atoms with Gasteiger partial charge < -0.3 is 10.2 Å². The first-order valence-electron chi connectivity index (χ1n) is 4.22. The van der Waals surface area contributed by atoms with Gasteiger partial charge in [0.2, 0.25) is 0 Å². The first-order valence-corrected chi connectivity index (χ1v) is 5.27. The number of carboxylic acids is 1. The molecule has 0 spiro atoms. The molecule has 0 heterocycles. The Morgan fingerprint density at radius 3 is 2.58 bits per heavy atom. The minimum atomic E-state index is -1.18. The minimum Gasteiger partial charge on any atom is -0.479 e. The molecular formula is C8H14O3S. The van der Waals surface area contributed by atoms with Gasteiger partial charge in [0.25, 0.3) is 0 Å². The molecule has 0 radical (unpaired) electrons. The van der Waals surface area contributed by atoms with Crippen molar-refractivity contribution in [3.8, 4) is 0 Å². The van der Waals surface area contributed by atoms with Crippen LogP contribution in [0.3, 0.4) is 0 Å². The molecule has 2 N–H and O–H groups in total. The number of hydrogen-bond donors (Lipinski definition) is 2. The molecule has 1 rings (SSSR count). The molecule has 3 nitrogen and oxygen atoms in total. The molecule has 0 aromatic carbocycles. The number of aliphatic carboxylic acids is 1. The molecular weight excluding hydrogens is 176 g/mol. The van der Waals surface area contributed by atoms with Crippen LogP contribution in [-0.2, 0) is 4.79 Å². The van der Waals surface area contributed by atoms with Gasteiger partial charge in [-0.3, -0.25) is 0 Å². The molecule has 70 valence electrons. The standard InChI is InChI=1S/C8H14O3S/c9-7(8(10)11)5-12-6-3-1-2-4-6/h6-7,9H,1-5H2,(H,10,11)/t7-/m0/s1. The molecule has 1 aliphatic carbocycles. The zero-order chi connectivity index (χ0) is 8.97. The highest BCUT2D eigenvalue weighted by Gasteiger charge is 2.19. The lowest BCUT2D eigenvalue weighted by atomic mass is 10.4. The maximum atomic E-state index is 10.2. The second-order valence-electron chi connectivity index (χ2n) is 3.09. The molecule has 1 atom stereocenters. The lowest BCUT2D eigenvalue weighted by Gasteiger charge is -2.09. The fraction of sp³-hybridized carbons (Fsp3) is 0.875. The highest BCUT2D eigenvalue weighted by Crippen LogP contribution is 2.29. The molecule has 0 saturated heterocycles. The Hall–Kier alpha value is -0.220. The first kappa shape index (κ1) is 9.86. The van der Waals surface area contributed by atoms with Crippen LogP contribution in [0.25, 0.3) is 0 Å². The average molecular weight is 190 g/mol. The summed E-state index contributed by atoms with van der Waals surface area (Å²) in [6, 6.07) is 0. The Morgan fingerprint density at radius 2 is 2.08 bits per heavy atom. The number of aliphatic hydroxyl groups excluding tert-OH is 1. The van der Waals surface area contributed by atoms with E-state index in [1.165, 1.54) is 25.7 Å². The summed E-state index contributed by atoms with van der Waals surface area (Å²) in [5.41, 5.74) is 0. The molecule has 0 unspecified atom stereocenters. The van der Waals surface area contributed by atoms with Gasteiger partial charge >= 0.3 is 5.97 Å². The van der Waals surface area contributed by atoms with Crippen molar-refractivity contribution in [1.82, 2.24) is 0 Å². The van der Waals surface area contributed by atoms with Crippen LogP contribution >= 0.6 is 11.8 Å². The SMILES string of the molecule is O=C(O)[C@@H](O)CSC1CCCC1. The maximum Gasteiger partial charge on any atom is 0.333 e. The third-order valence-corrected chi connectivity index (χ3v) is 3.53. The Kier molecular flexibility index (Phi) is 3.88. The zero-order valence-electron chi connectivity index (χ0n) is 6.90. The molecule has 0 aromatic heterocycles. The number of carbonyl (C=O) groups is 1. The normalized spacial score (nSPS) is 21.1. The Bertz CT molecular complexity index is 154. The van der Waals surface area contributed by atoms with Gasteiger partial charge in [0.1, 0.15) is 0 Å². The van der Waals surface area contributed by atoms with Gasteiger partial charge in [-0.05, 0) is 12.8 Å². The van der Waals surface area contributed by atoms with Crippen molar-refractivity contribution in [1.29, 1.82) is 0 Å². The van der Waals surface area contributed by atoms with Crippen LogP contribution < -0.4 is 0 Å². The Labute approximate surface area is 76.2 Å². The predicted molar refractivity (Wildman–Crippen MR) is 48.4 cm³/mol. The number of aliphatic hydroxyl groups is 1. The van der Waals surface area contributed by atoms with Crippen molar-refractivity contribution in [2.24, 2.45) is 0 Å². The fourth-order valence-corrected chi connectivity index (χ4v) is 2.62. The average Bonchev–Trinajstić information content (AvgIpc) is 2.51. The van der Waals surface area contributed by atoms with E-state index in [2.05, 4.69) is 0 Å². The van der Waals surface area contributed by atoms with Gasteiger partial charge in [0.15, 0.2) is 6.10 Å². The van der Waals surface area contributed by atoms with E-state index in [4.69, 9.17) is 10.2 Å². The van der Waals surface area contributed by atoms with Crippen LogP contribution in [-0.4, -0.2) is 33.3 Å². The van der Waals surface area contributed by atoms with E-state index < -0.39 is 12.1 Å². The van der Waals surface area contributed by atoms with Gasteiger partial charge in [0, 0.05) is 11.0 Å². The van der Waals surface area contributed by atoms with Crippen LogP contribution in [0.1, 0.15) is 25.7 Å². The van der Waals surface area contributed by atoms with Crippen molar-refractivity contribution in [2.45, 2.75) is 37.0 Å². The van der Waals surface area contributed by atoms with E-state index in [1.807, 2.05) is 0 Å². The van der Waals surface area contributed by atoms with Crippen molar-refractivity contribution >= 4 is 17.7 Å². The third-order valence-electron chi connectivity index (χ3n) is 2.08. The van der Waals surface area contributed by atoms with Crippen molar-refractivity contribution < 1.29 is 15.0 Å². The monoisotopic (exact) mass is 190 g/mol. The topological polar surface area (TPSA) is 57.5 Å². The molecule has 0 aliphatic heterocycles. The summed E-state index contributed by atoms with van der Waals surface area (Å²) in [6.45, 7) is 0. The second-order valence-corrected chi connectivity index (χ2v) is 4.43. The Morgan fingerprint density at radius 1 is 1.50 bits per heavy atom. The summed E-state index contributed by atoms with van der Waals surface area (Å²) in [5, 5.41) is 17.9. The van der Waals surface area contributed by atoms with Crippen molar-refractivity contribution in [3.63, 3.8) is 0 Å². The maximum absolute atomic E-state index is 10.2. The van der Waals surface area contributed by atoms with Crippen LogP contribution in [0.15, 0.2) is 0 Å². The van der Waals surface area contributed by atoms with E-state index in [0.29, 0.717) is 11.0 Å². The van der Waals surface area contributed by atoms with E-state index in [9.17, 15) is 4.79 Å². The second kappa shape index (κ2) is 4.72. The van der Waals surface area contributed by atoms with Gasteiger partial charge in [-0.15, -0.1) is 0 Å². The Balaban J connectivity index is 2.11. The van der Waals surface area contributed by atoms with Gasteiger partial charge in [-0.1, -0.05) is 12.8 Å². The molecule has 4 heteroatoms. The predicted octanol–water partition coefficient (Wildman–Crippen LogP) is 1.11. The smallest absolute Gasteiger partial charge is 0.333 e. The van der Waals surface area contributed by atoms with Crippen molar-refractivity contribution in [2.75, 3.05) is 5.75 Å². The van der Waals surface area contributed by atoms with Crippen LogP contribution in [0.4, 0.5) is 0 Å².